The maximum absolute atomic E-state index is 11.4. The van der Waals surface area contributed by atoms with Crippen molar-refractivity contribution in [2.75, 3.05) is 4.90 Å². The van der Waals surface area contributed by atoms with E-state index >= 15 is 0 Å². The Bertz CT molecular complexity index is 385. The predicted molar refractivity (Wildman–Crippen MR) is 50.7 cm³/mol. The van der Waals surface area contributed by atoms with E-state index in [4.69, 9.17) is 0 Å². The van der Waals surface area contributed by atoms with E-state index in [1.165, 1.54) is 4.90 Å². The van der Waals surface area contributed by atoms with E-state index in [0.717, 1.165) is 5.56 Å². The third-order valence-corrected chi connectivity index (χ3v) is 2.25. The van der Waals surface area contributed by atoms with Gasteiger partial charge in [-0.05, 0) is 18.6 Å². The summed E-state index contributed by atoms with van der Waals surface area (Å²) in [5, 5.41) is 0. The summed E-state index contributed by atoms with van der Waals surface area (Å²) in [5.74, 6) is 0.161. The van der Waals surface area contributed by atoms with Crippen molar-refractivity contribution in [3.05, 3.63) is 23.9 Å². The second-order valence-corrected chi connectivity index (χ2v) is 3.27. The summed E-state index contributed by atoms with van der Waals surface area (Å²) >= 11 is 0. The van der Waals surface area contributed by atoms with Gasteiger partial charge in [-0.2, -0.15) is 0 Å². The standard InChI is InChI=1S/C10H10N2O2/c1-7-3-2-6-11-10(7)12-8(13)4-5-9(12)14/h2-3,6H,4-5H2,1H3. The smallest absolute Gasteiger partial charge is 0.235 e. The number of aryl methyl sites for hydroxylation is 1. The first-order chi connectivity index (χ1) is 6.70. The summed E-state index contributed by atoms with van der Waals surface area (Å²) in [7, 11) is 0. The van der Waals surface area contributed by atoms with Crippen LogP contribution in [0.15, 0.2) is 18.3 Å². The summed E-state index contributed by atoms with van der Waals surface area (Å²) in [4.78, 5) is 28.0. The van der Waals surface area contributed by atoms with Gasteiger partial charge in [-0.1, -0.05) is 6.07 Å². The molecule has 1 aliphatic heterocycles. The van der Waals surface area contributed by atoms with Gasteiger partial charge in [0.15, 0.2) is 0 Å². The van der Waals surface area contributed by atoms with Crippen molar-refractivity contribution >= 4 is 17.6 Å². The average Bonchev–Trinajstić information content (AvgIpc) is 2.48. The van der Waals surface area contributed by atoms with Crippen LogP contribution in [-0.2, 0) is 9.59 Å². The normalized spacial score (nSPS) is 16.5. The van der Waals surface area contributed by atoms with Crippen LogP contribution >= 0.6 is 0 Å². The number of pyridine rings is 1. The molecule has 0 aromatic carbocycles. The number of carbonyl (C=O) groups excluding carboxylic acids is 2. The number of amides is 2. The van der Waals surface area contributed by atoms with Crippen LogP contribution in [-0.4, -0.2) is 16.8 Å². The topological polar surface area (TPSA) is 50.3 Å². The Morgan fingerprint density at radius 2 is 1.93 bits per heavy atom. The first-order valence-corrected chi connectivity index (χ1v) is 4.47. The Kier molecular flexibility index (Phi) is 2.04. The van der Waals surface area contributed by atoms with Gasteiger partial charge in [0.2, 0.25) is 11.8 Å². The first-order valence-electron chi connectivity index (χ1n) is 4.47. The van der Waals surface area contributed by atoms with Crippen molar-refractivity contribution in [3.63, 3.8) is 0 Å². The molecule has 0 radical (unpaired) electrons. The lowest BCUT2D eigenvalue weighted by Crippen LogP contribution is -2.30. The lowest BCUT2D eigenvalue weighted by atomic mass is 10.3. The second kappa shape index (κ2) is 3.21. The van der Waals surface area contributed by atoms with Gasteiger partial charge in [-0.15, -0.1) is 0 Å². The van der Waals surface area contributed by atoms with E-state index in [2.05, 4.69) is 4.98 Å². The van der Waals surface area contributed by atoms with Crippen LogP contribution in [0.25, 0.3) is 0 Å². The Morgan fingerprint density at radius 1 is 1.29 bits per heavy atom. The van der Waals surface area contributed by atoms with E-state index < -0.39 is 0 Å². The zero-order valence-corrected chi connectivity index (χ0v) is 7.86. The fourth-order valence-corrected chi connectivity index (χ4v) is 1.52. The quantitative estimate of drug-likeness (QED) is 0.622. The first kappa shape index (κ1) is 8.87. The highest BCUT2D eigenvalue weighted by atomic mass is 16.2. The van der Waals surface area contributed by atoms with E-state index in [-0.39, 0.29) is 11.8 Å². The molecule has 4 nitrogen and oxygen atoms in total. The van der Waals surface area contributed by atoms with Gasteiger partial charge >= 0.3 is 0 Å². The largest absolute Gasteiger partial charge is 0.274 e. The molecule has 1 aromatic rings. The van der Waals surface area contributed by atoms with Crippen LogP contribution in [0.4, 0.5) is 5.82 Å². The Morgan fingerprint density at radius 3 is 2.50 bits per heavy atom. The molecule has 14 heavy (non-hydrogen) atoms. The molecule has 4 heteroatoms. The predicted octanol–water partition coefficient (Wildman–Crippen LogP) is 1.04. The number of carbonyl (C=O) groups is 2. The fourth-order valence-electron chi connectivity index (χ4n) is 1.52. The summed E-state index contributed by atoms with van der Waals surface area (Å²) in [6.07, 6.45) is 2.19. The van der Waals surface area contributed by atoms with E-state index in [1.807, 2.05) is 13.0 Å². The van der Waals surface area contributed by atoms with E-state index in [1.54, 1.807) is 12.3 Å². The number of aromatic nitrogens is 1. The van der Waals surface area contributed by atoms with Gasteiger partial charge in [0, 0.05) is 19.0 Å². The number of anilines is 1. The van der Waals surface area contributed by atoms with Gasteiger partial charge in [0.1, 0.15) is 5.82 Å². The van der Waals surface area contributed by atoms with Gasteiger partial charge in [0.05, 0.1) is 0 Å². The molecular formula is C10H10N2O2. The summed E-state index contributed by atoms with van der Waals surface area (Å²) in [5.41, 5.74) is 0.844. The molecule has 1 aromatic heterocycles. The molecule has 0 N–H and O–H groups in total. The van der Waals surface area contributed by atoms with Crippen LogP contribution < -0.4 is 4.90 Å². The van der Waals surface area contributed by atoms with Crippen LogP contribution in [0.2, 0.25) is 0 Å². The highest BCUT2D eigenvalue weighted by Gasteiger charge is 2.31. The number of nitrogens with zero attached hydrogens (tertiary/aromatic N) is 2. The third kappa shape index (κ3) is 1.28. The Balaban J connectivity index is 2.44. The lowest BCUT2D eigenvalue weighted by Gasteiger charge is -2.14. The van der Waals surface area contributed by atoms with Crippen LogP contribution in [0.1, 0.15) is 18.4 Å². The molecule has 1 fully saturated rings. The summed E-state index contributed by atoms with van der Waals surface area (Å²) < 4.78 is 0. The van der Waals surface area contributed by atoms with Gasteiger partial charge in [0.25, 0.3) is 0 Å². The number of imide groups is 1. The molecule has 2 amide bonds. The van der Waals surface area contributed by atoms with E-state index in [9.17, 15) is 9.59 Å². The molecule has 0 spiro atoms. The monoisotopic (exact) mass is 190 g/mol. The van der Waals surface area contributed by atoms with Gasteiger partial charge in [-0.25, -0.2) is 9.88 Å². The molecule has 0 unspecified atom stereocenters. The minimum absolute atomic E-state index is 0.156. The van der Waals surface area contributed by atoms with Crippen molar-refractivity contribution in [3.8, 4) is 0 Å². The Labute approximate surface area is 81.6 Å². The molecule has 2 heterocycles. The van der Waals surface area contributed by atoms with Crippen molar-refractivity contribution in [1.82, 2.24) is 4.98 Å². The Hall–Kier alpha value is -1.71. The zero-order valence-electron chi connectivity index (χ0n) is 7.86. The summed E-state index contributed by atoms with van der Waals surface area (Å²) in [6.45, 7) is 1.83. The molecule has 0 bridgehead atoms. The molecule has 72 valence electrons. The van der Waals surface area contributed by atoms with Crippen LogP contribution in [0, 0.1) is 6.92 Å². The maximum Gasteiger partial charge on any atom is 0.235 e. The molecule has 1 saturated heterocycles. The highest BCUT2D eigenvalue weighted by Crippen LogP contribution is 2.22. The molecule has 2 rings (SSSR count). The fraction of sp³-hybridized carbons (Fsp3) is 0.300. The van der Waals surface area contributed by atoms with Crippen molar-refractivity contribution in [2.45, 2.75) is 19.8 Å². The molecule has 1 aliphatic rings. The summed E-state index contributed by atoms with van der Waals surface area (Å²) in [6, 6.07) is 3.62. The van der Waals surface area contributed by atoms with Crippen molar-refractivity contribution in [2.24, 2.45) is 0 Å². The second-order valence-electron chi connectivity index (χ2n) is 3.27. The number of hydrogen-bond donors (Lipinski definition) is 0. The van der Waals surface area contributed by atoms with Crippen LogP contribution in [0.5, 0.6) is 0 Å². The van der Waals surface area contributed by atoms with Crippen molar-refractivity contribution in [1.29, 1.82) is 0 Å². The minimum atomic E-state index is -0.156. The third-order valence-electron chi connectivity index (χ3n) is 2.25. The minimum Gasteiger partial charge on any atom is -0.274 e. The average molecular weight is 190 g/mol. The zero-order chi connectivity index (χ0) is 10.1. The lowest BCUT2D eigenvalue weighted by molar-refractivity contribution is -0.121. The molecular weight excluding hydrogens is 180 g/mol. The molecule has 0 atom stereocenters. The van der Waals surface area contributed by atoms with Crippen molar-refractivity contribution < 1.29 is 9.59 Å². The van der Waals surface area contributed by atoms with Gasteiger partial charge < -0.3 is 0 Å². The van der Waals surface area contributed by atoms with Gasteiger partial charge in [-0.3, -0.25) is 9.59 Å². The highest BCUT2D eigenvalue weighted by molar-refractivity contribution is 6.19. The van der Waals surface area contributed by atoms with E-state index in [0.29, 0.717) is 18.7 Å². The number of hydrogen-bond acceptors (Lipinski definition) is 3. The number of rotatable bonds is 1. The maximum atomic E-state index is 11.4. The molecule has 0 aliphatic carbocycles. The molecule has 0 saturated carbocycles. The van der Waals surface area contributed by atoms with Crippen LogP contribution in [0.3, 0.4) is 0 Å². The SMILES string of the molecule is Cc1cccnc1N1C(=O)CCC1=O.